The minimum atomic E-state index is -1.70. The predicted molar refractivity (Wildman–Crippen MR) is 53.1 cm³/mol. The zero-order valence-electron chi connectivity index (χ0n) is 8.13. The maximum absolute atomic E-state index is 9.07. The van der Waals surface area contributed by atoms with Crippen LogP contribution in [0, 0.1) is 12.3 Å². The van der Waals surface area contributed by atoms with Gasteiger partial charge in [0.2, 0.25) is 6.29 Å². The fourth-order valence-corrected chi connectivity index (χ4v) is 2.99. The molecule has 0 radical (unpaired) electrons. The van der Waals surface area contributed by atoms with E-state index in [1.54, 1.807) is 0 Å². The molecular formula is C9H18O2Si. The Morgan fingerprint density at radius 3 is 2.58 bits per heavy atom. The molecule has 12 heavy (non-hydrogen) atoms. The second-order valence-electron chi connectivity index (χ2n) is 3.50. The SMILES string of the molecule is C#CC(O)O[Si](C)(C)CCCC. The Labute approximate surface area is 76.1 Å². The van der Waals surface area contributed by atoms with Crippen molar-refractivity contribution in [3.8, 4) is 12.3 Å². The summed E-state index contributed by atoms with van der Waals surface area (Å²) in [5.74, 6) is 2.17. The van der Waals surface area contributed by atoms with Crippen LogP contribution in [0.25, 0.3) is 0 Å². The van der Waals surface area contributed by atoms with E-state index in [1.807, 2.05) is 0 Å². The van der Waals surface area contributed by atoms with Crippen molar-refractivity contribution in [3.05, 3.63) is 0 Å². The van der Waals surface area contributed by atoms with Gasteiger partial charge in [0.05, 0.1) is 0 Å². The smallest absolute Gasteiger partial charge is 0.210 e. The molecule has 0 aromatic rings. The third kappa shape index (κ3) is 5.36. The lowest BCUT2D eigenvalue weighted by molar-refractivity contribution is 0.0254. The van der Waals surface area contributed by atoms with Gasteiger partial charge in [0.1, 0.15) is 0 Å². The molecule has 0 aliphatic carbocycles. The number of terminal acetylenes is 1. The summed E-state index contributed by atoms with van der Waals surface area (Å²) in [6.07, 6.45) is 6.30. The highest BCUT2D eigenvalue weighted by atomic mass is 28.4. The average molecular weight is 186 g/mol. The molecule has 0 heterocycles. The molecule has 0 bridgehead atoms. The van der Waals surface area contributed by atoms with Crippen molar-refractivity contribution in [1.82, 2.24) is 0 Å². The van der Waals surface area contributed by atoms with Crippen LogP contribution < -0.4 is 0 Å². The lowest BCUT2D eigenvalue weighted by atomic mass is 10.4. The van der Waals surface area contributed by atoms with Crippen LogP contribution in [0.1, 0.15) is 19.8 Å². The van der Waals surface area contributed by atoms with Gasteiger partial charge in [0, 0.05) is 0 Å². The van der Waals surface area contributed by atoms with Gasteiger partial charge in [-0.3, -0.25) is 0 Å². The van der Waals surface area contributed by atoms with Gasteiger partial charge < -0.3 is 9.53 Å². The van der Waals surface area contributed by atoms with Crippen LogP contribution in [0.4, 0.5) is 0 Å². The third-order valence-corrected chi connectivity index (χ3v) is 4.12. The number of aliphatic hydroxyl groups is 1. The zero-order chi connectivity index (χ0) is 9.61. The number of unbranched alkanes of at least 4 members (excludes halogenated alkanes) is 1. The summed E-state index contributed by atoms with van der Waals surface area (Å²) >= 11 is 0. The third-order valence-electron chi connectivity index (χ3n) is 1.71. The largest absolute Gasteiger partial charge is 0.384 e. The van der Waals surface area contributed by atoms with Gasteiger partial charge >= 0.3 is 0 Å². The van der Waals surface area contributed by atoms with Gasteiger partial charge in [0.15, 0.2) is 8.32 Å². The summed E-state index contributed by atoms with van der Waals surface area (Å²) in [6.45, 7) is 6.29. The Hall–Kier alpha value is -0.303. The van der Waals surface area contributed by atoms with Crippen molar-refractivity contribution in [1.29, 1.82) is 0 Å². The summed E-state index contributed by atoms with van der Waals surface area (Å²) in [7, 11) is -1.70. The van der Waals surface area contributed by atoms with E-state index in [-0.39, 0.29) is 0 Å². The Kier molecular flexibility index (Phi) is 5.23. The molecule has 1 unspecified atom stereocenters. The maximum atomic E-state index is 9.07. The molecule has 0 saturated heterocycles. The van der Waals surface area contributed by atoms with Crippen molar-refractivity contribution in [2.45, 2.75) is 45.2 Å². The topological polar surface area (TPSA) is 29.5 Å². The van der Waals surface area contributed by atoms with Crippen molar-refractivity contribution in [3.63, 3.8) is 0 Å². The molecule has 0 aromatic carbocycles. The maximum Gasteiger partial charge on any atom is 0.210 e. The summed E-state index contributed by atoms with van der Waals surface area (Å²) in [5, 5.41) is 9.07. The second kappa shape index (κ2) is 5.36. The van der Waals surface area contributed by atoms with E-state index in [9.17, 15) is 0 Å². The van der Waals surface area contributed by atoms with Crippen molar-refractivity contribution in [2.75, 3.05) is 0 Å². The first kappa shape index (κ1) is 11.7. The van der Waals surface area contributed by atoms with Crippen molar-refractivity contribution >= 4 is 8.32 Å². The predicted octanol–water partition coefficient (Wildman–Crippen LogP) is 1.96. The molecule has 0 rings (SSSR count). The van der Waals surface area contributed by atoms with Crippen LogP contribution in [0.15, 0.2) is 0 Å². The fraction of sp³-hybridized carbons (Fsp3) is 0.778. The quantitative estimate of drug-likeness (QED) is 0.404. The van der Waals surface area contributed by atoms with E-state index in [0.717, 1.165) is 18.9 Å². The van der Waals surface area contributed by atoms with Crippen LogP contribution in [-0.2, 0) is 4.43 Å². The Balaban J connectivity index is 3.79. The number of rotatable bonds is 5. The Morgan fingerprint density at radius 2 is 2.17 bits per heavy atom. The van der Waals surface area contributed by atoms with Crippen LogP contribution in [-0.4, -0.2) is 19.7 Å². The van der Waals surface area contributed by atoms with Crippen LogP contribution in [0.5, 0.6) is 0 Å². The molecule has 1 N–H and O–H groups in total. The van der Waals surface area contributed by atoms with Gasteiger partial charge in [-0.25, -0.2) is 0 Å². The zero-order valence-corrected chi connectivity index (χ0v) is 9.13. The van der Waals surface area contributed by atoms with Gasteiger partial charge in [-0.05, 0) is 25.1 Å². The van der Waals surface area contributed by atoms with Crippen LogP contribution >= 0.6 is 0 Å². The molecule has 0 aliphatic rings. The summed E-state index contributed by atoms with van der Waals surface area (Å²) in [4.78, 5) is 0. The first-order valence-corrected chi connectivity index (χ1v) is 7.45. The van der Waals surface area contributed by atoms with Gasteiger partial charge in [-0.1, -0.05) is 19.8 Å². The molecule has 3 heteroatoms. The second-order valence-corrected chi connectivity index (χ2v) is 7.76. The number of aliphatic hydroxyl groups excluding tert-OH is 1. The molecule has 0 aromatic heterocycles. The first-order chi connectivity index (χ1) is 5.52. The first-order valence-electron chi connectivity index (χ1n) is 4.34. The fourth-order valence-electron chi connectivity index (χ4n) is 0.998. The number of hydrogen-bond donors (Lipinski definition) is 1. The van der Waals surface area contributed by atoms with Gasteiger partial charge in [-0.2, -0.15) is 0 Å². The van der Waals surface area contributed by atoms with Gasteiger partial charge in [-0.15, -0.1) is 6.42 Å². The Morgan fingerprint density at radius 1 is 1.58 bits per heavy atom. The minimum Gasteiger partial charge on any atom is -0.384 e. The summed E-state index contributed by atoms with van der Waals surface area (Å²) in [5.41, 5.74) is 0. The van der Waals surface area contributed by atoms with Crippen LogP contribution in [0.2, 0.25) is 19.1 Å². The van der Waals surface area contributed by atoms with E-state index in [2.05, 4.69) is 25.9 Å². The highest BCUT2D eigenvalue weighted by Gasteiger charge is 2.24. The minimum absolute atomic E-state index is 1.01. The van der Waals surface area contributed by atoms with Crippen LogP contribution in [0.3, 0.4) is 0 Å². The highest BCUT2D eigenvalue weighted by Crippen LogP contribution is 2.16. The summed E-state index contributed by atoms with van der Waals surface area (Å²) < 4.78 is 5.35. The molecule has 0 fully saturated rings. The lowest BCUT2D eigenvalue weighted by Gasteiger charge is -2.23. The average Bonchev–Trinajstić information content (AvgIpc) is 2.00. The molecular weight excluding hydrogens is 168 g/mol. The van der Waals surface area contributed by atoms with E-state index in [0.29, 0.717) is 0 Å². The summed E-state index contributed by atoms with van der Waals surface area (Å²) in [6, 6.07) is 1.06. The normalized spacial score (nSPS) is 13.9. The molecule has 2 nitrogen and oxygen atoms in total. The van der Waals surface area contributed by atoms with E-state index in [1.165, 1.54) is 0 Å². The molecule has 0 saturated carbocycles. The van der Waals surface area contributed by atoms with Crippen molar-refractivity contribution < 1.29 is 9.53 Å². The molecule has 70 valence electrons. The van der Waals surface area contributed by atoms with E-state index >= 15 is 0 Å². The lowest BCUT2D eigenvalue weighted by Crippen LogP contribution is -2.34. The van der Waals surface area contributed by atoms with E-state index < -0.39 is 14.6 Å². The van der Waals surface area contributed by atoms with E-state index in [4.69, 9.17) is 16.0 Å². The Bertz CT molecular complexity index is 160. The van der Waals surface area contributed by atoms with Gasteiger partial charge in [0.25, 0.3) is 0 Å². The molecule has 1 atom stereocenters. The molecule has 0 spiro atoms. The standard InChI is InChI=1S/C9H18O2Si/c1-5-7-8-12(3,4)11-9(10)6-2/h2,9-10H,5,7-8H2,1,3-4H3. The number of hydrogen-bond acceptors (Lipinski definition) is 2. The molecule has 0 amide bonds. The highest BCUT2D eigenvalue weighted by molar-refractivity contribution is 6.71. The monoisotopic (exact) mass is 186 g/mol. The van der Waals surface area contributed by atoms with Crippen molar-refractivity contribution in [2.24, 2.45) is 0 Å². The molecule has 0 aliphatic heterocycles.